The Morgan fingerprint density at radius 1 is 1.15 bits per heavy atom. The van der Waals surface area contributed by atoms with E-state index < -0.39 is 0 Å². The number of hydrogen-bond donors (Lipinski definition) is 1. The number of rotatable bonds is 2. The lowest BCUT2D eigenvalue weighted by Gasteiger charge is -2.39. The molecular formula is C16H28N2S2. The van der Waals surface area contributed by atoms with Crippen LogP contribution in [-0.2, 0) is 0 Å². The van der Waals surface area contributed by atoms with E-state index in [1.165, 1.54) is 68.7 Å². The third kappa shape index (κ3) is 3.68. The van der Waals surface area contributed by atoms with Gasteiger partial charge in [0.2, 0.25) is 0 Å². The molecule has 2 fully saturated rings. The van der Waals surface area contributed by atoms with Crippen LogP contribution in [0.25, 0.3) is 0 Å². The fourth-order valence-electron chi connectivity index (χ4n) is 3.86. The summed E-state index contributed by atoms with van der Waals surface area (Å²) in [5.74, 6) is 1.30. The van der Waals surface area contributed by atoms with Crippen molar-refractivity contribution in [1.82, 2.24) is 5.32 Å². The van der Waals surface area contributed by atoms with Crippen LogP contribution in [0.4, 0.5) is 0 Å². The molecule has 4 heteroatoms. The molecule has 0 aromatic rings. The van der Waals surface area contributed by atoms with Gasteiger partial charge in [-0.15, -0.1) is 0 Å². The SMILES string of the molecule is CSC1CCC(NC2=NCC3(CCCCC3)CS2)CC1. The van der Waals surface area contributed by atoms with Gasteiger partial charge in [0.05, 0.1) is 0 Å². The van der Waals surface area contributed by atoms with Gasteiger partial charge < -0.3 is 5.32 Å². The Hall–Kier alpha value is 0.170. The maximum absolute atomic E-state index is 4.90. The molecule has 0 saturated heterocycles. The number of amidine groups is 1. The summed E-state index contributed by atoms with van der Waals surface area (Å²) in [6.45, 7) is 1.09. The van der Waals surface area contributed by atoms with E-state index in [4.69, 9.17) is 4.99 Å². The lowest BCUT2D eigenvalue weighted by atomic mass is 9.75. The number of hydrogen-bond acceptors (Lipinski definition) is 4. The maximum atomic E-state index is 4.90. The van der Waals surface area contributed by atoms with Crippen LogP contribution in [0.2, 0.25) is 0 Å². The lowest BCUT2D eigenvalue weighted by Crippen LogP contribution is -2.41. The second-order valence-electron chi connectivity index (χ2n) is 6.82. The Morgan fingerprint density at radius 2 is 1.90 bits per heavy atom. The van der Waals surface area contributed by atoms with Crippen LogP contribution in [0.1, 0.15) is 57.8 Å². The van der Waals surface area contributed by atoms with Gasteiger partial charge in [0.1, 0.15) is 0 Å². The highest BCUT2D eigenvalue weighted by Gasteiger charge is 2.35. The van der Waals surface area contributed by atoms with E-state index >= 15 is 0 Å². The minimum atomic E-state index is 0.560. The normalized spacial score (nSPS) is 33.8. The molecule has 0 unspecified atom stereocenters. The Kier molecular flexibility index (Phi) is 5.24. The van der Waals surface area contributed by atoms with Crippen molar-refractivity contribution in [2.75, 3.05) is 18.6 Å². The van der Waals surface area contributed by atoms with Crippen molar-refractivity contribution in [3.05, 3.63) is 0 Å². The fraction of sp³-hybridized carbons (Fsp3) is 0.938. The average Bonchev–Trinajstić information content (AvgIpc) is 2.52. The fourth-order valence-corrected chi connectivity index (χ4v) is 5.83. The summed E-state index contributed by atoms with van der Waals surface area (Å²) in [4.78, 5) is 4.90. The van der Waals surface area contributed by atoms with Crippen molar-refractivity contribution < 1.29 is 0 Å². The molecule has 1 N–H and O–H groups in total. The Bertz CT molecular complexity index is 342. The molecule has 1 heterocycles. The van der Waals surface area contributed by atoms with E-state index in [9.17, 15) is 0 Å². The predicted molar refractivity (Wildman–Crippen MR) is 93.0 cm³/mol. The van der Waals surface area contributed by atoms with Crippen molar-refractivity contribution in [3.8, 4) is 0 Å². The first-order valence-corrected chi connectivity index (χ1v) is 10.5. The third-order valence-electron chi connectivity index (χ3n) is 5.32. The van der Waals surface area contributed by atoms with Crippen LogP contribution in [0.3, 0.4) is 0 Å². The molecular weight excluding hydrogens is 284 g/mol. The Labute approximate surface area is 132 Å². The molecule has 0 aromatic carbocycles. The second-order valence-corrected chi connectivity index (χ2v) is 8.93. The highest BCUT2D eigenvalue weighted by molar-refractivity contribution is 8.13. The van der Waals surface area contributed by atoms with Gasteiger partial charge in [-0.05, 0) is 50.2 Å². The zero-order valence-corrected chi connectivity index (χ0v) is 14.3. The third-order valence-corrected chi connectivity index (χ3v) is 7.74. The first-order chi connectivity index (χ1) is 9.80. The van der Waals surface area contributed by atoms with E-state index in [1.807, 2.05) is 23.5 Å². The molecule has 20 heavy (non-hydrogen) atoms. The van der Waals surface area contributed by atoms with E-state index in [1.54, 1.807) is 0 Å². The summed E-state index contributed by atoms with van der Waals surface area (Å²) in [5.41, 5.74) is 0.560. The van der Waals surface area contributed by atoms with E-state index in [-0.39, 0.29) is 0 Å². The molecule has 1 aliphatic heterocycles. The second kappa shape index (κ2) is 6.95. The number of thioether (sulfide) groups is 2. The van der Waals surface area contributed by atoms with Crippen LogP contribution in [0.5, 0.6) is 0 Å². The number of nitrogens with one attached hydrogen (secondary N) is 1. The number of aliphatic imine (C=N–C) groups is 1. The van der Waals surface area contributed by atoms with E-state index in [0.717, 1.165) is 11.8 Å². The summed E-state index contributed by atoms with van der Waals surface area (Å²) >= 11 is 4.05. The summed E-state index contributed by atoms with van der Waals surface area (Å²) < 4.78 is 0. The minimum absolute atomic E-state index is 0.560. The first kappa shape index (κ1) is 15.1. The van der Waals surface area contributed by atoms with Gasteiger partial charge >= 0.3 is 0 Å². The topological polar surface area (TPSA) is 24.4 Å². The van der Waals surface area contributed by atoms with Crippen LogP contribution in [0, 0.1) is 5.41 Å². The van der Waals surface area contributed by atoms with Gasteiger partial charge in [-0.2, -0.15) is 11.8 Å². The summed E-state index contributed by atoms with van der Waals surface area (Å²) in [6.07, 6.45) is 14.8. The van der Waals surface area contributed by atoms with Crippen molar-refractivity contribution in [2.24, 2.45) is 10.4 Å². The van der Waals surface area contributed by atoms with Crippen LogP contribution in [-0.4, -0.2) is 35.0 Å². The predicted octanol–water partition coefficient (Wildman–Crippen LogP) is 4.30. The highest BCUT2D eigenvalue weighted by atomic mass is 32.2. The van der Waals surface area contributed by atoms with Crippen molar-refractivity contribution in [3.63, 3.8) is 0 Å². The molecule has 3 aliphatic rings. The zero-order valence-electron chi connectivity index (χ0n) is 12.7. The van der Waals surface area contributed by atoms with Crippen LogP contribution >= 0.6 is 23.5 Å². The van der Waals surface area contributed by atoms with Gasteiger partial charge in [-0.25, -0.2) is 0 Å². The highest BCUT2D eigenvalue weighted by Crippen LogP contribution is 2.41. The molecule has 0 atom stereocenters. The monoisotopic (exact) mass is 312 g/mol. The van der Waals surface area contributed by atoms with Gasteiger partial charge in [0.25, 0.3) is 0 Å². The molecule has 0 bridgehead atoms. The van der Waals surface area contributed by atoms with Gasteiger partial charge in [0.15, 0.2) is 5.17 Å². The van der Waals surface area contributed by atoms with Crippen molar-refractivity contribution >= 4 is 28.7 Å². The smallest absolute Gasteiger partial charge is 0.156 e. The van der Waals surface area contributed by atoms with E-state index in [0.29, 0.717) is 11.5 Å². The molecule has 3 rings (SSSR count). The van der Waals surface area contributed by atoms with Crippen molar-refractivity contribution in [1.29, 1.82) is 0 Å². The Balaban J connectivity index is 1.47. The zero-order chi connectivity index (χ0) is 13.8. The summed E-state index contributed by atoms with van der Waals surface area (Å²) in [7, 11) is 0. The van der Waals surface area contributed by atoms with Crippen LogP contribution in [0.15, 0.2) is 4.99 Å². The average molecular weight is 313 g/mol. The largest absolute Gasteiger partial charge is 0.362 e. The molecule has 114 valence electrons. The van der Waals surface area contributed by atoms with Gasteiger partial charge in [0, 0.05) is 23.6 Å². The number of nitrogens with zero attached hydrogens (tertiary/aromatic N) is 1. The van der Waals surface area contributed by atoms with E-state index in [2.05, 4.69) is 11.6 Å². The molecule has 0 amide bonds. The van der Waals surface area contributed by atoms with Gasteiger partial charge in [-0.1, -0.05) is 31.0 Å². The standard InChI is InChI=1S/C16H28N2S2/c1-19-14-7-5-13(6-8-14)18-15-17-11-16(12-20-15)9-3-2-4-10-16/h13-14H,2-12H2,1H3,(H,17,18). The quantitative estimate of drug-likeness (QED) is 0.822. The van der Waals surface area contributed by atoms with Crippen LogP contribution < -0.4 is 5.32 Å². The summed E-state index contributed by atoms with van der Waals surface area (Å²) in [6, 6.07) is 0.685. The minimum Gasteiger partial charge on any atom is -0.362 e. The summed E-state index contributed by atoms with van der Waals surface area (Å²) in [5, 5.41) is 5.87. The van der Waals surface area contributed by atoms with Crippen molar-refractivity contribution in [2.45, 2.75) is 69.1 Å². The molecule has 2 aliphatic carbocycles. The molecule has 0 radical (unpaired) electrons. The molecule has 2 saturated carbocycles. The molecule has 1 spiro atoms. The maximum Gasteiger partial charge on any atom is 0.156 e. The molecule has 2 nitrogen and oxygen atoms in total. The van der Waals surface area contributed by atoms with Gasteiger partial charge in [-0.3, -0.25) is 4.99 Å². The molecule has 0 aromatic heterocycles. The first-order valence-electron chi connectivity index (χ1n) is 8.26. The lowest BCUT2D eigenvalue weighted by molar-refractivity contribution is 0.232. The Morgan fingerprint density at radius 3 is 2.50 bits per heavy atom.